The molecule has 2 aliphatic rings. The Hall–Kier alpha value is -3.18. The average molecular weight is 559 g/mol. The number of rotatable bonds is 5. The van der Waals surface area contributed by atoms with Crippen LogP contribution in [-0.2, 0) is 20.9 Å². The number of carbonyl (C=O) groups excluding carboxylic acids is 3. The van der Waals surface area contributed by atoms with E-state index in [1.807, 2.05) is 39.0 Å². The molecule has 10 nitrogen and oxygen atoms in total. The maximum Gasteiger partial charge on any atom is 0.408 e. The number of aliphatic hydroxyl groups excluding tert-OH is 1. The summed E-state index contributed by atoms with van der Waals surface area (Å²) < 4.78 is 11.2. The summed E-state index contributed by atoms with van der Waals surface area (Å²) in [4.78, 5) is 46.4. The Morgan fingerprint density at radius 2 is 1.92 bits per heavy atom. The lowest BCUT2D eigenvalue weighted by Gasteiger charge is -2.36. The molecule has 2 aliphatic heterocycles. The first-order valence-corrected chi connectivity index (χ1v) is 14.0. The predicted molar refractivity (Wildman–Crippen MR) is 147 cm³/mol. The number of carbonyl (C=O) groups is 3. The molecule has 0 spiro atoms. The highest BCUT2D eigenvalue weighted by Crippen LogP contribution is 2.41. The molecule has 1 aromatic heterocycles. The SMILES string of the molecule is C[C@@H](C(=O)N[C@@H]1C[C@@H](O)CN1C(=O)[C@@H](NC(=O)OC(C)(C)C)C(C)(C)C)c1ccc2c(c1)OCc1ncsc1-2. The molecule has 11 heteroatoms. The number of nitrogens with one attached hydrogen (secondary N) is 2. The van der Waals surface area contributed by atoms with Crippen molar-refractivity contribution in [1.82, 2.24) is 20.5 Å². The Balaban J connectivity index is 1.48. The van der Waals surface area contributed by atoms with E-state index in [4.69, 9.17) is 9.47 Å². The molecule has 3 amide bonds. The van der Waals surface area contributed by atoms with Gasteiger partial charge in [-0.05, 0) is 50.8 Å². The van der Waals surface area contributed by atoms with Gasteiger partial charge in [-0.25, -0.2) is 9.78 Å². The lowest BCUT2D eigenvalue weighted by atomic mass is 9.86. The molecule has 1 fully saturated rings. The molecule has 1 saturated heterocycles. The molecule has 0 saturated carbocycles. The molecule has 3 heterocycles. The standard InChI is InChI=1S/C28H38N4O6S/c1-15(16-8-9-18-20(10-16)37-13-19-22(18)39-14-29-19)24(34)30-21-11-17(33)12-32(21)25(35)23(27(2,3)4)31-26(36)38-28(5,6)7/h8-10,14-15,17,21,23,33H,11-13H2,1-7H3,(H,30,34)(H,31,36)/t15-,17-,21+,23-/m1/s1. The van der Waals surface area contributed by atoms with E-state index in [0.717, 1.165) is 21.7 Å². The summed E-state index contributed by atoms with van der Waals surface area (Å²) in [5, 5.41) is 16.1. The van der Waals surface area contributed by atoms with Crippen molar-refractivity contribution < 1.29 is 29.0 Å². The van der Waals surface area contributed by atoms with E-state index in [-0.39, 0.29) is 18.9 Å². The molecule has 0 bridgehead atoms. The van der Waals surface area contributed by atoms with E-state index in [9.17, 15) is 19.5 Å². The molecular weight excluding hydrogens is 520 g/mol. The minimum Gasteiger partial charge on any atom is -0.487 e. The third-order valence-corrected chi connectivity index (χ3v) is 7.70. The van der Waals surface area contributed by atoms with Crippen molar-refractivity contribution in [2.45, 2.75) is 91.3 Å². The Kier molecular flexibility index (Phi) is 7.96. The average Bonchev–Trinajstić information content (AvgIpc) is 3.45. The minimum atomic E-state index is -0.927. The monoisotopic (exact) mass is 558 g/mol. The summed E-state index contributed by atoms with van der Waals surface area (Å²) in [6, 6.07) is 4.78. The topological polar surface area (TPSA) is 130 Å². The zero-order valence-corrected chi connectivity index (χ0v) is 24.3. The first-order chi connectivity index (χ1) is 18.1. The number of aromatic nitrogens is 1. The number of likely N-dealkylation sites (tertiary alicyclic amines) is 1. The molecule has 212 valence electrons. The largest absolute Gasteiger partial charge is 0.487 e. The number of ether oxygens (including phenoxy) is 2. The van der Waals surface area contributed by atoms with Gasteiger partial charge in [-0.3, -0.25) is 9.59 Å². The van der Waals surface area contributed by atoms with Crippen LogP contribution in [0.3, 0.4) is 0 Å². The van der Waals surface area contributed by atoms with Gasteiger partial charge >= 0.3 is 6.09 Å². The fourth-order valence-electron chi connectivity index (χ4n) is 4.73. The number of β-amino-alcohol motifs (C(OH)–C–C–N with tert-alkyl or cyclic N) is 1. The molecule has 3 N–H and O–H groups in total. The number of alkyl carbamates (subject to hydrolysis) is 1. The van der Waals surface area contributed by atoms with Gasteiger partial charge in [0.05, 0.1) is 28.1 Å². The highest BCUT2D eigenvalue weighted by molar-refractivity contribution is 7.13. The van der Waals surface area contributed by atoms with Crippen LogP contribution in [0, 0.1) is 5.41 Å². The third-order valence-electron chi connectivity index (χ3n) is 6.79. The van der Waals surface area contributed by atoms with E-state index in [0.29, 0.717) is 12.4 Å². The Morgan fingerprint density at radius 3 is 2.59 bits per heavy atom. The third kappa shape index (κ3) is 6.52. The van der Waals surface area contributed by atoms with Crippen molar-refractivity contribution in [2.75, 3.05) is 6.54 Å². The van der Waals surface area contributed by atoms with Crippen molar-refractivity contribution in [2.24, 2.45) is 5.41 Å². The van der Waals surface area contributed by atoms with E-state index in [1.54, 1.807) is 44.5 Å². The number of nitrogens with zero attached hydrogens (tertiary/aromatic N) is 2. The maximum atomic E-state index is 13.7. The lowest BCUT2D eigenvalue weighted by molar-refractivity contribution is -0.139. The predicted octanol–water partition coefficient (Wildman–Crippen LogP) is 3.78. The van der Waals surface area contributed by atoms with Crippen molar-refractivity contribution in [3.8, 4) is 16.2 Å². The molecule has 0 radical (unpaired) electrons. The second kappa shape index (κ2) is 10.8. The normalized spacial score (nSPS) is 20.3. The van der Waals surface area contributed by atoms with Crippen molar-refractivity contribution in [1.29, 1.82) is 0 Å². The number of hydrogen-bond donors (Lipinski definition) is 3. The summed E-state index contributed by atoms with van der Waals surface area (Å²) >= 11 is 1.56. The molecule has 39 heavy (non-hydrogen) atoms. The van der Waals surface area contributed by atoms with Gasteiger partial charge in [0.15, 0.2) is 0 Å². The van der Waals surface area contributed by atoms with Crippen LogP contribution >= 0.6 is 11.3 Å². The van der Waals surface area contributed by atoms with Gasteiger partial charge in [-0.1, -0.05) is 26.8 Å². The zero-order chi connectivity index (χ0) is 28.7. The minimum absolute atomic E-state index is 0.0462. The molecule has 1 aromatic carbocycles. The Bertz CT molecular complexity index is 1250. The van der Waals surface area contributed by atoms with Crippen LogP contribution < -0.4 is 15.4 Å². The van der Waals surface area contributed by atoms with Gasteiger partial charge in [0, 0.05) is 18.5 Å². The Morgan fingerprint density at radius 1 is 1.21 bits per heavy atom. The first-order valence-electron chi connectivity index (χ1n) is 13.1. The zero-order valence-electron chi connectivity index (χ0n) is 23.5. The second-order valence-electron chi connectivity index (χ2n) is 12.2. The molecule has 0 aliphatic carbocycles. The lowest BCUT2D eigenvalue weighted by Crippen LogP contribution is -2.58. The van der Waals surface area contributed by atoms with Crippen LogP contribution in [0.2, 0.25) is 0 Å². The van der Waals surface area contributed by atoms with Crippen molar-refractivity contribution >= 4 is 29.2 Å². The molecule has 4 rings (SSSR count). The summed E-state index contributed by atoms with van der Waals surface area (Å²) in [5.74, 6) is -0.507. The van der Waals surface area contributed by atoms with Gasteiger partial charge < -0.3 is 30.1 Å². The maximum absolute atomic E-state index is 13.7. The number of fused-ring (bicyclic) bond motifs is 3. The van der Waals surface area contributed by atoms with E-state index in [1.165, 1.54) is 4.90 Å². The van der Waals surface area contributed by atoms with Crippen LogP contribution in [-0.4, -0.2) is 63.4 Å². The molecule has 0 unspecified atom stereocenters. The second-order valence-corrected chi connectivity index (χ2v) is 13.1. The highest BCUT2D eigenvalue weighted by atomic mass is 32.1. The highest BCUT2D eigenvalue weighted by Gasteiger charge is 2.43. The molecule has 2 aromatic rings. The van der Waals surface area contributed by atoms with E-state index >= 15 is 0 Å². The van der Waals surface area contributed by atoms with Gasteiger partial charge in [-0.2, -0.15) is 0 Å². The fourth-order valence-corrected chi connectivity index (χ4v) is 5.56. The summed E-state index contributed by atoms with van der Waals surface area (Å²) in [7, 11) is 0. The van der Waals surface area contributed by atoms with Crippen molar-refractivity contribution in [3.63, 3.8) is 0 Å². The van der Waals surface area contributed by atoms with Crippen LogP contribution in [0.1, 0.15) is 72.1 Å². The summed E-state index contributed by atoms with van der Waals surface area (Å²) in [6.07, 6.45) is -2.04. The smallest absolute Gasteiger partial charge is 0.408 e. The van der Waals surface area contributed by atoms with Crippen LogP contribution in [0.15, 0.2) is 23.7 Å². The fraction of sp³-hybridized carbons (Fsp3) is 0.571. The number of hydrogen-bond acceptors (Lipinski definition) is 8. The van der Waals surface area contributed by atoms with E-state index < -0.39 is 47.2 Å². The number of aliphatic hydroxyl groups is 1. The van der Waals surface area contributed by atoms with Crippen molar-refractivity contribution in [3.05, 3.63) is 35.0 Å². The quantitative estimate of drug-likeness (QED) is 0.509. The van der Waals surface area contributed by atoms with E-state index in [2.05, 4.69) is 15.6 Å². The number of benzene rings is 1. The Labute approximate surface area is 233 Å². The number of amides is 3. The van der Waals surface area contributed by atoms with Gasteiger partial charge in [0.1, 0.15) is 30.2 Å². The summed E-state index contributed by atoms with van der Waals surface area (Å²) in [6.45, 7) is 13.0. The van der Waals surface area contributed by atoms with Gasteiger partial charge in [-0.15, -0.1) is 11.3 Å². The van der Waals surface area contributed by atoms with Crippen LogP contribution in [0.5, 0.6) is 5.75 Å². The van der Waals surface area contributed by atoms with Gasteiger partial charge in [0.25, 0.3) is 0 Å². The first kappa shape index (κ1) is 28.8. The van der Waals surface area contributed by atoms with Crippen LogP contribution in [0.4, 0.5) is 4.79 Å². The van der Waals surface area contributed by atoms with Gasteiger partial charge in [0.2, 0.25) is 11.8 Å². The summed E-state index contributed by atoms with van der Waals surface area (Å²) in [5.41, 5.74) is 3.06. The molecule has 4 atom stereocenters. The van der Waals surface area contributed by atoms with Crippen LogP contribution in [0.25, 0.3) is 10.4 Å². The number of thiazole rings is 1. The molecular formula is C28H38N4O6S.